The topological polar surface area (TPSA) is 51.0 Å². The van der Waals surface area contributed by atoms with E-state index in [0.29, 0.717) is 6.04 Å². The average molecular weight is 237 g/mol. The Morgan fingerprint density at radius 2 is 2.00 bits per heavy atom. The molecule has 0 saturated heterocycles. The Bertz CT molecular complexity index is 353. The Labute approximate surface area is 103 Å². The molecule has 1 aliphatic rings. The van der Waals surface area contributed by atoms with Crippen LogP contribution in [0.25, 0.3) is 0 Å². The molecule has 0 aliphatic heterocycles. The molecular formula is C13H23N3O. The Morgan fingerprint density at radius 3 is 2.65 bits per heavy atom. The Morgan fingerprint density at radius 1 is 1.29 bits per heavy atom. The summed E-state index contributed by atoms with van der Waals surface area (Å²) in [6.07, 6.45) is 5.74. The van der Waals surface area contributed by atoms with Crippen molar-refractivity contribution in [3.63, 3.8) is 0 Å². The summed E-state index contributed by atoms with van der Waals surface area (Å²) in [7, 11) is 0. The van der Waals surface area contributed by atoms with Crippen LogP contribution in [0, 0.1) is 0 Å². The predicted molar refractivity (Wildman–Crippen MR) is 67.0 cm³/mol. The molecule has 1 saturated carbocycles. The number of rotatable bonds is 5. The van der Waals surface area contributed by atoms with Crippen molar-refractivity contribution in [1.29, 1.82) is 0 Å². The minimum absolute atomic E-state index is 0.136. The maximum Gasteiger partial charge on any atom is 0.222 e. The minimum Gasteiger partial charge on any atom is -0.425 e. The molecule has 4 heteroatoms. The van der Waals surface area contributed by atoms with Crippen molar-refractivity contribution in [2.24, 2.45) is 0 Å². The van der Waals surface area contributed by atoms with Gasteiger partial charge in [-0.1, -0.05) is 33.6 Å². The summed E-state index contributed by atoms with van der Waals surface area (Å²) in [5, 5.41) is 11.7. The lowest BCUT2D eigenvalue weighted by atomic mass is 9.89. The van der Waals surface area contributed by atoms with Crippen molar-refractivity contribution in [3.05, 3.63) is 11.8 Å². The molecule has 96 valence electrons. The molecule has 0 unspecified atom stereocenters. The van der Waals surface area contributed by atoms with Gasteiger partial charge < -0.3 is 9.73 Å². The highest BCUT2D eigenvalue weighted by atomic mass is 16.4. The lowest BCUT2D eigenvalue weighted by molar-refractivity contribution is 0.335. The molecule has 1 aromatic heterocycles. The van der Waals surface area contributed by atoms with Crippen LogP contribution in [0.3, 0.4) is 0 Å². The second kappa shape index (κ2) is 5.17. The van der Waals surface area contributed by atoms with Gasteiger partial charge in [0.2, 0.25) is 11.8 Å². The monoisotopic (exact) mass is 237 g/mol. The maximum absolute atomic E-state index is 5.79. The SMILES string of the molecule is CC(C)NCCc1nnc(C2(C)CCCC2)o1. The first-order chi connectivity index (χ1) is 8.10. The first-order valence-corrected chi connectivity index (χ1v) is 6.66. The van der Waals surface area contributed by atoms with Crippen LogP contribution in [-0.4, -0.2) is 22.8 Å². The number of nitrogens with zero attached hydrogens (tertiary/aromatic N) is 2. The maximum atomic E-state index is 5.79. The number of hydrogen-bond acceptors (Lipinski definition) is 4. The fraction of sp³-hybridized carbons (Fsp3) is 0.846. The van der Waals surface area contributed by atoms with E-state index in [2.05, 4.69) is 36.3 Å². The van der Waals surface area contributed by atoms with Crippen LogP contribution in [0.15, 0.2) is 4.42 Å². The molecule has 1 fully saturated rings. The van der Waals surface area contributed by atoms with Crippen molar-refractivity contribution >= 4 is 0 Å². The van der Waals surface area contributed by atoms with Gasteiger partial charge in [0.05, 0.1) is 0 Å². The van der Waals surface area contributed by atoms with Crippen LogP contribution in [0.1, 0.15) is 58.2 Å². The molecular weight excluding hydrogens is 214 g/mol. The molecule has 0 atom stereocenters. The van der Waals surface area contributed by atoms with Gasteiger partial charge in [-0.15, -0.1) is 10.2 Å². The average Bonchev–Trinajstić information content (AvgIpc) is 2.87. The van der Waals surface area contributed by atoms with Crippen LogP contribution in [0.4, 0.5) is 0 Å². The molecule has 2 rings (SSSR count). The van der Waals surface area contributed by atoms with Gasteiger partial charge in [0, 0.05) is 24.4 Å². The molecule has 1 heterocycles. The fourth-order valence-electron chi connectivity index (χ4n) is 2.44. The van der Waals surface area contributed by atoms with Crippen molar-refractivity contribution in [2.75, 3.05) is 6.54 Å². The van der Waals surface area contributed by atoms with Crippen molar-refractivity contribution in [2.45, 2.75) is 64.3 Å². The van der Waals surface area contributed by atoms with E-state index in [4.69, 9.17) is 4.42 Å². The van der Waals surface area contributed by atoms with E-state index >= 15 is 0 Å². The molecule has 1 aliphatic carbocycles. The Balaban J connectivity index is 1.91. The molecule has 0 aromatic carbocycles. The minimum atomic E-state index is 0.136. The van der Waals surface area contributed by atoms with E-state index in [9.17, 15) is 0 Å². The van der Waals surface area contributed by atoms with Gasteiger partial charge in [0.15, 0.2) is 0 Å². The third-order valence-electron chi connectivity index (χ3n) is 3.58. The van der Waals surface area contributed by atoms with Crippen molar-refractivity contribution in [1.82, 2.24) is 15.5 Å². The highest BCUT2D eigenvalue weighted by molar-refractivity contribution is 5.04. The van der Waals surface area contributed by atoms with Gasteiger partial charge in [-0.25, -0.2) is 0 Å². The van der Waals surface area contributed by atoms with Gasteiger partial charge in [0.1, 0.15) is 0 Å². The van der Waals surface area contributed by atoms with Gasteiger partial charge in [-0.3, -0.25) is 0 Å². The summed E-state index contributed by atoms with van der Waals surface area (Å²) in [5.41, 5.74) is 0.136. The first kappa shape index (κ1) is 12.6. The molecule has 0 bridgehead atoms. The van der Waals surface area contributed by atoms with Crippen LogP contribution < -0.4 is 5.32 Å². The highest BCUT2D eigenvalue weighted by Gasteiger charge is 2.35. The summed E-state index contributed by atoms with van der Waals surface area (Å²) in [5.74, 6) is 1.61. The zero-order chi connectivity index (χ0) is 12.3. The van der Waals surface area contributed by atoms with Crippen molar-refractivity contribution < 1.29 is 4.42 Å². The van der Waals surface area contributed by atoms with Crippen LogP contribution >= 0.6 is 0 Å². The van der Waals surface area contributed by atoms with E-state index in [0.717, 1.165) is 24.7 Å². The van der Waals surface area contributed by atoms with Gasteiger partial charge in [-0.2, -0.15) is 0 Å². The molecule has 0 spiro atoms. The summed E-state index contributed by atoms with van der Waals surface area (Å²) < 4.78 is 5.79. The normalized spacial score (nSPS) is 19.1. The number of aromatic nitrogens is 2. The molecule has 0 radical (unpaired) electrons. The van der Waals surface area contributed by atoms with E-state index in [1.807, 2.05) is 0 Å². The van der Waals surface area contributed by atoms with Crippen LogP contribution in [0.5, 0.6) is 0 Å². The second-order valence-electron chi connectivity index (χ2n) is 5.63. The molecule has 17 heavy (non-hydrogen) atoms. The van der Waals surface area contributed by atoms with Gasteiger partial charge >= 0.3 is 0 Å². The van der Waals surface area contributed by atoms with Crippen LogP contribution in [-0.2, 0) is 11.8 Å². The van der Waals surface area contributed by atoms with E-state index in [-0.39, 0.29) is 5.41 Å². The van der Waals surface area contributed by atoms with E-state index in [1.54, 1.807) is 0 Å². The lowest BCUT2D eigenvalue weighted by Gasteiger charge is -2.17. The molecule has 4 nitrogen and oxygen atoms in total. The third-order valence-corrected chi connectivity index (χ3v) is 3.58. The zero-order valence-corrected chi connectivity index (χ0v) is 11.1. The molecule has 1 N–H and O–H groups in total. The van der Waals surface area contributed by atoms with Crippen molar-refractivity contribution in [3.8, 4) is 0 Å². The summed E-state index contributed by atoms with van der Waals surface area (Å²) >= 11 is 0. The predicted octanol–water partition coefficient (Wildman–Crippen LogP) is 2.44. The van der Waals surface area contributed by atoms with E-state index in [1.165, 1.54) is 25.7 Å². The standard InChI is InChI=1S/C13H23N3O/c1-10(2)14-9-6-11-15-16-12(17-11)13(3)7-4-5-8-13/h10,14H,4-9H2,1-3H3. The number of hydrogen-bond donors (Lipinski definition) is 1. The summed E-state index contributed by atoms with van der Waals surface area (Å²) in [6.45, 7) is 7.41. The first-order valence-electron chi connectivity index (χ1n) is 6.66. The Hall–Kier alpha value is -0.900. The van der Waals surface area contributed by atoms with Gasteiger partial charge in [0.25, 0.3) is 0 Å². The quantitative estimate of drug-likeness (QED) is 0.854. The third kappa shape index (κ3) is 3.06. The number of nitrogens with one attached hydrogen (secondary N) is 1. The summed E-state index contributed by atoms with van der Waals surface area (Å²) in [6, 6.07) is 0.504. The van der Waals surface area contributed by atoms with Crippen LogP contribution in [0.2, 0.25) is 0 Å². The highest BCUT2D eigenvalue weighted by Crippen LogP contribution is 2.39. The smallest absolute Gasteiger partial charge is 0.222 e. The second-order valence-corrected chi connectivity index (χ2v) is 5.63. The Kier molecular flexibility index (Phi) is 3.82. The summed E-state index contributed by atoms with van der Waals surface area (Å²) in [4.78, 5) is 0. The van der Waals surface area contributed by atoms with Gasteiger partial charge in [-0.05, 0) is 12.8 Å². The molecule has 0 amide bonds. The fourth-order valence-corrected chi connectivity index (χ4v) is 2.44. The molecule has 1 aromatic rings. The van der Waals surface area contributed by atoms with E-state index < -0.39 is 0 Å². The lowest BCUT2D eigenvalue weighted by Crippen LogP contribution is -2.25. The largest absolute Gasteiger partial charge is 0.425 e. The zero-order valence-electron chi connectivity index (χ0n) is 11.1.